The highest BCUT2D eigenvalue weighted by Gasteiger charge is 2.50. The fourth-order valence-electron chi connectivity index (χ4n) is 5.59. The molecule has 0 saturated heterocycles. The first-order valence-corrected chi connectivity index (χ1v) is 14.7. The van der Waals surface area contributed by atoms with E-state index in [9.17, 15) is 13.2 Å². The Bertz CT molecular complexity index is 792. The van der Waals surface area contributed by atoms with Gasteiger partial charge in [0.05, 0.1) is 4.90 Å². The van der Waals surface area contributed by atoms with Crippen molar-refractivity contribution < 1.29 is 13.2 Å². The zero-order chi connectivity index (χ0) is 23.5. The minimum Gasteiger partial charge on any atom is -0.279 e. The molecule has 1 fully saturated rings. The second-order valence-corrected chi connectivity index (χ2v) is 12.5. The minimum atomic E-state index is -3.85. The summed E-state index contributed by atoms with van der Waals surface area (Å²) < 4.78 is 25.9. The molecule has 1 aliphatic rings. The van der Waals surface area contributed by atoms with Crippen molar-refractivity contribution in [2.45, 2.75) is 126 Å². The van der Waals surface area contributed by atoms with E-state index >= 15 is 0 Å². The molecule has 1 aromatic rings. The predicted molar refractivity (Wildman–Crippen MR) is 135 cm³/mol. The largest absolute Gasteiger partial charge is 0.279 e. The molecule has 2 unspecified atom stereocenters. The van der Waals surface area contributed by atoms with Crippen molar-refractivity contribution in [2.75, 3.05) is 0 Å². The van der Waals surface area contributed by atoms with Crippen LogP contribution in [0.25, 0.3) is 0 Å². The molecule has 5 heteroatoms. The number of hydrogen-bond donors (Lipinski definition) is 0. The molecule has 0 spiro atoms. The summed E-state index contributed by atoms with van der Waals surface area (Å²) in [4.78, 5) is 13.0. The Morgan fingerprint density at radius 2 is 1.41 bits per heavy atom. The highest BCUT2D eigenvalue weighted by molar-refractivity contribution is 7.93. The van der Waals surface area contributed by atoms with Crippen LogP contribution >= 0.6 is 11.6 Å². The van der Waals surface area contributed by atoms with Gasteiger partial charge in [0.25, 0.3) is 0 Å². The van der Waals surface area contributed by atoms with E-state index in [1.165, 1.54) is 57.8 Å². The van der Waals surface area contributed by atoms with Crippen LogP contribution < -0.4 is 0 Å². The maximum atomic E-state index is 13.7. The standard InChI is InChI=1S/C27H43ClO3S/c1-3-5-7-12-19-26(18-6-4-2)20-13-9-14-22-27(25(28)29,23-15-21-26)32(30,31)24-16-10-8-11-17-24/h8,10-11,16-17H,3-7,9,12-15,18-23H2,1-2H3. The lowest BCUT2D eigenvalue weighted by Crippen LogP contribution is -2.45. The van der Waals surface area contributed by atoms with Crippen molar-refractivity contribution in [3.05, 3.63) is 30.3 Å². The third-order valence-corrected chi connectivity index (χ3v) is 10.6. The van der Waals surface area contributed by atoms with E-state index in [2.05, 4.69) is 13.8 Å². The van der Waals surface area contributed by atoms with Gasteiger partial charge in [0.1, 0.15) is 0 Å². The molecule has 0 aliphatic heterocycles. The smallest absolute Gasteiger partial charge is 0.243 e. The van der Waals surface area contributed by atoms with E-state index in [1.807, 2.05) is 0 Å². The van der Waals surface area contributed by atoms with E-state index in [0.29, 0.717) is 12.8 Å². The Kier molecular flexibility index (Phi) is 11.2. The summed E-state index contributed by atoms with van der Waals surface area (Å²) in [5, 5.41) is -0.705. The molecule has 0 amide bonds. The van der Waals surface area contributed by atoms with Crippen LogP contribution in [0.4, 0.5) is 0 Å². The first-order valence-electron chi connectivity index (χ1n) is 12.8. The maximum absolute atomic E-state index is 13.7. The van der Waals surface area contributed by atoms with Gasteiger partial charge in [0, 0.05) is 0 Å². The number of carbonyl (C=O) groups is 1. The number of benzene rings is 1. The van der Waals surface area contributed by atoms with Crippen molar-refractivity contribution in [3.63, 3.8) is 0 Å². The first-order chi connectivity index (χ1) is 15.3. The number of sulfone groups is 1. The number of halogens is 1. The lowest BCUT2D eigenvalue weighted by molar-refractivity contribution is -0.114. The molecule has 0 radical (unpaired) electrons. The van der Waals surface area contributed by atoms with Gasteiger partial charge in [-0.3, -0.25) is 4.79 Å². The summed E-state index contributed by atoms with van der Waals surface area (Å²) >= 11 is 6.12. The molecule has 2 rings (SSSR count). The van der Waals surface area contributed by atoms with Crippen LogP contribution in [0.15, 0.2) is 35.2 Å². The summed E-state index contributed by atoms with van der Waals surface area (Å²) in [5.74, 6) is 0. The first kappa shape index (κ1) is 27.4. The van der Waals surface area contributed by atoms with Gasteiger partial charge in [-0.05, 0) is 67.7 Å². The van der Waals surface area contributed by atoms with Gasteiger partial charge in [-0.25, -0.2) is 8.42 Å². The van der Waals surface area contributed by atoms with E-state index in [0.717, 1.165) is 32.1 Å². The lowest BCUT2D eigenvalue weighted by Gasteiger charge is -2.38. The number of rotatable bonds is 11. The van der Waals surface area contributed by atoms with Crippen LogP contribution in [0.5, 0.6) is 0 Å². The van der Waals surface area contributed by atoms with Crippen molar-refractivity contribution in [3.8, 4) is 0 Å². The van der Waals surface area contributed by atoms with Gasteiger partial charge < -0.3 is 0 Å². The summed E-state index contributed by atoms with van der Waals surface area (Å²) in [7, 11) is -3.85. The third-order valence-electron chi connectivity index (χ3n) is 7.62. The van der Waals surface area contributed by atoms with Crippen molar-refractivity contribution in [1.29, 1.82) is 0 Å². The van der Waals surface area contributed by atoms with Gasteiger partial charge in [-0.2, -0.15) is 0 Å². The second-order valence-electron chi connectivity index (χ2n) is 9.91. The Morgan fingerprint density at radius 3 is 2.06 bits per heavy atom. The average Bonchev–Trinajstić information content (AvgIpc) is 2.79. The third kappa shape index (κ3) is 6.82. The quantitative estimate of drug-likeness (QED) is 0.235. The maximum Gasteiger partial charge on any atom is 0.243 e. The van der Waals surface area contributed by atoms with Crippen LogP contribution in [0.2, 0.25) is 0 Å². The molecule has 1 saturated carbocycles. The molecule has 0 heterocycles. The fourth-order valence-corrected chi connectivity index (χ4v) is 8.08. The molecule has 3 nitrogen and oxygen atoms in total. The van der Waals surface area contributed by atoms with Gasteiger partial charge in [0.2, 0.25) is 5.24 Å². The van der Waals surface area contributed by atoms with E-state index in [4.69, 9.17) is 11.6 Å². The molecule has 0 N–H and O–H groups in total. The van der Waals surface area contributed by atoms with E-state index < -0.39 is 19.8 Å². The summed E-state index contributed by atoms with van der Waals surface area (Å²) in [6.45, 7) is 4.49. The van der Waals surface area contributed by atoms with E-state index in [-0.39, 0.29) is 10.3 Å². The van der Waals surface area contributed by atoms with Crippen molar-refractivity contribution in [1.82, 2.24) is 0 Å². The second kappa shape index (κ2) is 13.1. The van der Waals surface area contributed by atoms with Crippen LogP contribution in [-0.2, 0) is 14.6 Å². The van der Waals surface area contributed by atoms with Crippen molar-refractivity contribution >= 4 is 26.7 Å². The molecule has 0 bridgehead atoms. The van der Waals surface area contributed by atoms with Crippen LogP contribution in [0.3, 0.4) is 0 Å². The normalized spacial score (nSPS) is 25.3. The number of hydrogen-bond acceptors (Lipinski definition) is 3. The van der Waals surface area contributed by atoms with E-state index in [1.54, 1.807) is 30.3 Å². The molecule has 0 aromatic heterocycles. The van der Waals surface area contributed by atoms with Crippen LogP contribution in [-0.4, -0.2) is 18.4 Å². The van der Waals surface area contributed by atoms with Gasteiger partial charge in [-0.1, -0.05) is 96.3 Å². The van der Waals surface area contributed by atoms with Gasteiger partial charge in [-0.15, -0.1) is 0 Å². The molecular weight excluding hydrogens is 440 g/mol. The summed E-state index contributed by atoms with van der Waals surface area (Å²) in [5.41, 5.74) is 0.276. The minimum absolute atomic E-state index is 0.211. The molecular formula is C27H43ClO3S. The lowest BCUT2D eigenvalue weighted by atomic mass is 9.70. The van der Waals surface area contributed by atoms with Gasteiger partial charge >= 0.3 is 0 Å². The predicted octanol–water partition coefficient (Wildman–Crippen LogP) is 8.25. The monoisotopic (exact) mass is 482 g/mol. The highest BCUT2D eigenvalue weighted by Crippen LogP contribution is 2.45. The molecule has 1 aromatic carbocycles. The van der Waals surface area contributed by atoms with Crippen LogP contribution in [0, 0.1) is 5.41 Å². The Balaban J connectivity index is 2.30. The Morgan fingerprint density at radius 1 is 0.812 bits per heavy atom. The molecule has 1 aliphatic carbocycles. The number of carbonyl (C=O) groups excluding carboxylic acids is 1. The Hall–Kier alpha value is -0.870. The molecule has 32 heavy (non-hydrogen) atoms. The van der Waals surface area contributed by atoms with Crippen molar-refractivity contribution in [2.24, 2.45) is 5.41 Å². The molecule has 2 atom stereocenters. The summed E-state index contributed by atoms with van der Waals surface area (Å²) in [6, 6.07) is 8.41. The Labute approximate surface area is 201 Å². The SMILES string of the molecule is CCCCCCC1(CCCC)CCCCCC(C(=O)Cl)(S(=O)(=O)c2ccccc2)CCC1. The zero-order valence-corrected chi connectivity index (χ0v) is 21.8. The highest BCUT2D eigenvalue weighted by atomic mass is 35.5. The average molecular weight is 483 g/mol. The molecule has 182 valence electrons. The summed E-state index contributed by atoms with van der Waals surface area (Å²) in [6.07, 6.45) is 16.3. The fraction of sp³-hybridized carbons (Fsp3) is 0.741. The number of unbranched alkanes of at least 4 members (excludes halogenated alkanes) is 4. The van der Waals surface area contributed by atoms with Crippen LogP contribution in [0.1, 0.15) is 117 Å². The topological polar surface area (TPSA) is 51.2 Å². The van der Waals surface area contributed by atoms with Gasteiger partial charge in [0.15, 0.2) is 14.6 Å². The zero-order valence-electron chi connectivity index (χ0n) is 20.2.